The molecule has 5 rings (SSSR count). The minimum Gasteiger partial charge on any atom is -0.478 e. The van der Waals surface area contributed by atoms with Gasteiger partial charge in [0.25, 0.3) is 0 Å². The van der Waals surface area contributed by atoms with Gasteiger partial charge >= 0.3 is 5.97 Å². The molecule has 35 heavy (non-hydrogen) atoms. The van der Waals surface area contributed by atoms with E-state index in [0.717, 1.165) is 28.3 Å². The summed E-state index contributed by atoms with van der Waals surface area (Å²) in [6.07, 6.45) is 1.80. The van der Waals surface area contributed by atoms with Crippen LogP contribution in [0.5, 0.6) is 0 Å². The van der Waals surface area contributed by atoms with E-state index < -0.39 is 5.97 Å². The van der Waals surface area contributed by atoms with Gasteiger partial charge in [0.2, 0.25) is 0 Å². The average Bonchev–Trinajstić information content (AvgIpc) is 3.35. The van der Waals surface area contributed by atoms with Gasteiger partial charge in [-0.25, -0.2) is 4.79 Å². The lowest BCUT2D eigenvalue weighted by molar-refractivity contribution is 0.0697. The van der Waals surface area contributed by atoms with Crippen molar-refractivity contribution >= 4 is 23.3 Å². The number of benzene rings is 2. The third-order valence-electron chi connectivity index (χ3n) is 6.53. The van der Waals surface area contributed by atoms with Gasteiger partial charge in [-0.15, -0.1) is 0 Å². The molecule has 0 amide bonds. The van der Waals surface area contributed by atoms with Crippen LogP contribution in [0.2, 0.25) is 0 Å². The minimum atomic E-state index is -0.941. The van der Waals surface area contributed by atoms with Gasteiger partial charge in [0.15, 0.2) is 5.11 Å². The highest BCUT2D eigenvalue weighted by molar-refractivity contribution is 7.80. The first kappa shape index (κ1) is 22.8. The van der Waals surface area contributed by atoms with Gasteiger partial charge < -0.3 is 19.9 Å². The molecule has 3 heterocycles. The fourth-order valence-corrected chi connectivity index (χ4v) is 5.26. The molecule has 7 heteroatoms. The second kappa shape index (κ2) is 9.35. The van der Waals surface area contributed by atoms with Gasteiger partial charge in [0, 0.05) is 29.8 Å². The third kappa shape index (κ3) is 4.31. The van der Waals surface area contributed by atoms with Crippen LogP contribution >= 0.6 is 12.2 Å². The molecule has 2 N–H and O–H groups in total. The number of rotatable bonds is 6. The Morgan fingerprint density at radius 3 is 2.51 bits per heavy atom. The van der Waals surface area contributed by atoms with E-state index in [0.29, 0.717) is 11.7 Å². The fourth-order valence-electron chi connectivity index (χ4n) is 4.96. The molecule has 1 saturated heterocycles. The van der Waals surface area contributed by atoms with Gasteiger partial charge in [-0.2, -0.15) is 0 Å². The summed E-state index contributed by atoms with van der Waals surface area (Å²) < 4.78 is 2.11. The Morgan fingerprint density at radius 2 is 1.80 bits per heavy atom. The standard InChI is InChI=1S/C28H26N4O2S/c1-18-15-23(19(2)32(18)22-12-8-11-21(16-22)27(33)34)26-25(24-13-6-7-14-29-24)30-28(35)31(26)17-20-9-4-3-5-10-20/h3-16,25-26H,17H2,1-2H3,(H,30,35)(H,33,34). The zero-order chi connectivity index (χ0) is 24.5. The Hall–Kier alpha value is -3.97. The number of nitrogens with zero attached hydrogens (tertiary/aromatic N) is 3. The lowest BCUT2D eigenvalue weighted by Gasteiger charge is -2.28. The van der Waals surface area contributed by atoms with Crippen LogP contribution in [0.1, 0.15) is 50.7 Å². The average molecular weight is 483 g/mol. The molecule has 1 aliphatic rings. The smallest absolute Gasteiger partial charge is 0.335 e. The lowest BCUT2D eigenvalue weighted by atomic mass is 9.96. The van der Waals surface area contributed by atoms with Gasteiger partial charge in [-0.05, 0) is 73.6 Å². The maximum Gasteiger partial charge on any atom is 0.335 e. The van der Waals surface area contributed by atoms with Crippen LogP contribution in [0.15, 0.2) is 85.1 Å². The van der Waals surface area contributed by atoms with E-state index in [1.807, 2.05) is 49.4 Å². The number of carbonyl (C=O) groups is 1. The highest BCUT2D eigenvalue weighted by atomic mass is 32.1. The minimum absolute atomic E-state index is 0.0831. The number of carboxylic acids is 1. The summed E-state index contributed by atoms with van der Waals surface area (Å²) in [7, 11) is 0. The molecule has 0 spiro atoms. The van der Waals surface area contributed by atoms with E-state index in [2.05, 4.69) is 44.9 Å². The topological polar surface area (TPSA) is 70.4 Å². The van der Waals surface area contributed by atoms with Gasteiger partial charge in [0.1, 0.15) is 0 Å². The van der Waals surface area contributed by atoms with Crippen LogP contribution in [0.25, 0.3) is 5.69 Å². The molecule has 2 aromatic carbocycles. The number of nitrogens with one attached hydrogen (secondary N) is 1. The van der Waals surface area contributed by atoms with Crippen LogP contribution < -0.4 is 5.32 Å². The summed E-state index contributed by atoms with van der Waals surface area (Å²) in [5.74, 6) is -0.941. The Balaban J connectivity index is 1.62. The van der Waals surface area contributed by atoms with Crippen molar-refractivity contribution < 1.29 is 9.90 Å². The predicted molar refractivity (Wildman–Crippen MR) is 140 cm³/mol. The van der Waals surface area contributed by atoms with Gasteiger partial charge in [0.05, 0.1) is 23.3 Å². The molecule has 1 fully saturated rings. The monoisotopic (exact) mass is 482 g/mol. The van der Waals surface area contributed by atoms with Crippen molar-refractivity contribution in [2.75, 3.05) is 0 Å². The van der Waals surface area contributed by atoms with E-state index in [-0.39, 0.29) is 17.6 Å². The maximum absolute atomic E-state index is 11.6. The molecule has 6 nitrogen and oxygen atoms in total. The summed E-state index contributed by atoms with van der Waals surface area (Å²) in [5, 5.41) is 13.7. The highest BCUT2D eigenvalue weighted by Crippen LogP contribution is 2.42. The second-order valence-corrected chi connectivity index (χ2v) is 9.14. The predicted octanol–water partition coefficient (Wildman–Crippen LogP) is 5.36. The third-order valence-corrected chi connectivity index (χ3v) is 6.89. The number of aromatic carboxylic acids is 1. The number of pyridine rings is 1. The Kier molecular flexibility index (Phi) is 6.09. The first-order chi connectivity index (χ1) is 16.9. The molecule has 0 saturated carbocycles. The zero-order valence-corrected chi connectivity index (χ0v) is 20.4. The molecule has 176 valence electrons. The van der Waals surface area contributed by atoms with E-state index in [1.165, 1.54) is 5.56 Å². The molecule has 0 aliphatic carbocycles. The maximum atomic E-state index is 11.6. The molecule has 2 atom stereocenters. The van der Waals surface area contributed by atoms with Crippen molar-refractivity contribution in [2.45, 2.75) is 32.5 Å². The van der Waals surface area contributed by atoms with Crippen molar-refractivity contribution in [3.63, 3.8) is 0 Å². The summed E-state index contributed by atoms with van der Waals surface area (Å²) in [6.45, 7) is 4.79. The summed E-state index contributed by atoms with van der Waals surface area (Å²) in [6, 6.07) is 25.2. The van der Waals surface area contributed by atoms with E-state index in [9.17, 15) is 9.90 Å². The molecule has 2 aromatic heterocycles. The number of hydrogen-bond donors (Lipinski definition) is 2. The quantitative estimate of drug-likeness (QED) is 0.361. The summed E-state index contributed by atoms with van der Waals surface area (Å²) in [5.41, 5.74) is 6.38. The largest absolute Gasteiger partial charge is 0.478 e. The number of thiocarbonyl (C=S) groups is 1. The number of hydrogen-bond acceptors (Lipinski definition) is 3. The SMILES string of the molecule is Cc1cc(C2C(c3ccccn3)NC(=S)N2Cc2ccccc2)c(C)n1-c1cccc(C(=O)O)c1. The Bertz CT molecular complexity index is 1380. The Labute approximate surface area is 209 Å². The normalized spacial score (nSPS) is 17.4. The fraction of sp³-hybridized carbons (Fsp3) is 0.179. The van der Waals surface area contributed by atoms with E-state index >= 15 is 0 Å². The summed E-state index contributed by atoms with van der Waals surface area (Å²) >= 11 is 5.83. The van der Waals surface area contributed by atoms with Crippen molar-refractivity contribution in [1.82, 2.24) is 19.8 Å². The van der Waals surface area contributed by atoms with Crippen molar-refractivity contribution in [2.24, 2.45) is 0 Å². The first-order valence-electron chi connectivity index (χ1n) is 11.5. The van der Waals surface area contributed by atoms with E-state index in [1.54, 1.807) is 24.4 Å². The van der Waals surface area contributed by atoms with Crippen molar-refractivity contribution in [3.8, 4) is 5.69 Å². The number of carboxylic acid groups (broad SMARTS) is 1. The molecular formula is C28H26N4O2S. The van der Waals surface area contributed by atoms with Crippen LogP contribution in [0, 0.1) is 13.8 Å². The lowest BCUT2D eigenvalue weighted by Crippen LogP contribution is -2.29. The van der Waals surface area contributed by atoms with Crippen LogP contribution in [0.4, 0.5) is 0 Å². The van der Waals surface area contributed by atoms with Crippen LogP contribution in [0.3, 0.4) is 0 Å². The van der Waals surface area contributed by atoms with Gasteiger partial charge in [-0.3, -0.25) is 4.98 Å². The van der Waals surface area contributed by atoms with Crippen molar-refractivity contribution in [3.05, 3.63) is 119 Å². The van der Waals surface area contributed by atoms with E-state index in [4.69, 9.17) is 12.2 Å². The van der Waals surface area contributed by atoms with Crippen molar-refractivity contribution in [1.29, 1.82) is 0 Å². The molecule has 4 aromatic rings. The summed E-state index contributed by atoms with van der Waals surface area (Å²) in [4.78, 5) is 18.4. The molecule has 2 unspecified atom stereocenters. The second-order valence-electron chi connectivity index (χ2n) is 8.76. The molecular weight excluding hydrogens is 456 g/mol. The highest BCUT2D eigenvalue weighted by Gasteiger charge is 2.41. The molecule has 0 bridgehead atoms. The van der Waals surface area contributed by atoms with Gasteiger partial charge in [-0.1, -0.05) is 42.5 Å². The zero-order valence-electron chi connectivity index (χ0n) is 19.6. The number of aryl methyl sites for hydroxylation is 1. The number of aromatic nitrogens is 2. The Morgan fingerprint density at radius 1 is 1.03 bits per heavy atom. The first-order valence-corrected chi connectivity index (χ1v) is 11.9. The molecule has 1 aliphatic heterocycles. The van der Waals surface area contributed by atoms with Crippen LogP contribution in [-0.4, -0.2) is 30.6 Å². The van der Waals surface area contributed by atoms with Crippen LogP contribution in [-0.2, 0) is 6.54 Å². The molecule has 0 radical (unpaired) electrons.